The van der Waals surface area contributed by atoms with E-state index in [0.717, 1.165) is 12.1 Å². The van der Waals surface area contributed by atoms with Crippen molar-refractivity contribution in [3.8, 4) is 0 Å². The maximum absolute atomic E-state index is 13.6. The number of hydrogen-bond donors (Lipinski definition) is 3. The van der Waals surface area contributed by atoms with Crippen molar-refractivity contribution in [2.75, 3.05) is 5.32 Å². The van der Waals surface area contributed by atoms with Gasteiger partial charge in [0, 0.05) is 5.56 Å². The lowest BCUT2D eigenvalue weighted by Crippen LogP contribution is -2.20. The maximum atomic E-state index is 13.6. The van der Waals surface area contributed by atoms with Crippen LogP contribution in [0.2, 0.25) is 0 Å². The third kappa shape index (κ3) is 2.97. The summed E-state index contributed by atoms with van der Waals surface area (Å²) >= 11 is 0. The van der Waals surface area contributed by atoms with Crippen LogP contribution < -0.4 is 11.1 Å². The van der Waals surface area contributed by atoms with Crippen LogP contribution in [-0.4, -0.2) is 17.0 Å². The molecule has 0 aliphatic rings. The van der Waals surface area contributed by atoms with Crippen LogP contribution in [0.3, 0.4) is 0 Å². The number of carbonyl (C=O) groups is 1. The van der Waals surface area contributed by atoms with Crippen LogP contribution in [0.5, 0.6) is 0 Å². The molecule has 21 heavy (non-hydrogen) atoms. The van der Waals surface area contributed by atoms with Crippen LogP contribution in [-0.2, 0) is 0 Å². The van der Waals surface area contributed by atoms with E-state index in [9.17, 15) is 13.6 Å². The lowest BCUT2D eigenvalue weighted by atomic mass is 10.1. The molecule has 0 fully saturated rings. The van der Waals surface area contributed by atoms with Crippen LogP contribution >= 0.6 is 0 Å². The zero-order valence-electron chi connectivity index (χ0n) is 10.7. The monoisotopic (exact) mass is 291 g/mol. The Morgan fingerprint density at radius 2 is 1.76 bits per heavy atom. The summed E-state index contributed by atoms with van der Waals surface area (Å²) in [6, 6.07) is 9.51. The summed E-state index contributed by atoms with van der Waals surface area (Å²) in [4.78, 5) is 12.0. The van der Waals surface area contributed by atoms with Gasteiger partial charge in [0.2, 0.25) is 0 Å². The molecular weight excluding hydrogens is 280 g/mol. The fraction of sp³-hybridized carbons (Fsp3) is 0. The number of benzene rings is 2. The van der Waals surface area contributed by atoms with E-state index in [1.165, 1.54) is 18.2 Å². The first-order valence-electron chi connectivity index (χ1n) is 5.87. The van der Waals surface area contributed by atoms with Gasteiger partial charge in [-0.1, -0.05) is 23.4 Å². The molecule has 0 atom stereocenters. The van der Waals surface area contributed by atoms with E-state index in [1.54, 1.807) is 12.1 Å². The SMILES string of the molecule is NC(=NO)c1ccccc1NC(=O)c1cccc(F)c1F. The quantitative estimate of drug-likeness (QED) is 0.351. The summed E-state index contributed by atoms with van der Waals surface area (Å²) in [6.45, 7) is 0. The minimum absolute atomic E-state index is 0.210. The summed E-state index contributed by atoms with van der Waals surface area (Å²) in [6.07, 6.45) is 0. The minimum Gasteiger partial charge on any atom is -0.409 e. The highest BCUT2D eigenvalue weighted by Gasteiger charge is 2.17. The molecule has 0 spiro atoms. The molecule has 0 saturated heterocycles. The summed E-state index contributed by atoms with van der Waals surface area (Å²) in [5.74, 6) is -3.42. The number of halogens is 2. The van der Waals surface area contributed by atoms with Crippen LogP contribution in [0.15, 0.2) is 47.6 Å². The molecule has 2 aromatic rings. The third-order valence-corrected chi connectivity index (χ3v) is 2.76. The van der Waals surface area contributed by atoms with Gasteiger partial charge in [0.25, 0.3) is 5.91 Å². The van der Waals surface area contributed by atoms with Gasteiger partial charge >= 0.3 is 0 Å². The van der Waals surface area contributed by atoms with Gasteiger partial charge in [-0.3, -0.25) is 4.79 Å². The number of amides is 1. The van der Waals surface area contributed by atoms with E-state index >= 15 is 0 Å². The highest BCUT2D eigenvalue weighted by Crippen LogP contribution is 2.18. The van der Waals surface area contributed by atoms with Crippen molar-refractivity contribution in [1.29, 1.82) is 0 Å². The number of nitrogens with two attached hydrogens (primary N) is 1. The number of para-hydroxylation sites is 1. The lowest BCUT2D eigenvalue weighted by molar-refractivity contribution is 0.102. The first kappa shape index (κ1) is 14.4. The second kappa shape index (κ2) is 6.00. The zero-order chi connectivity index (χ0) is 15.4. The van der Waals surface area contributed by atoms with Gasteiger partial charge in [-0.05, 0) is 24.3 Å². The van der Waals surface area contributed by atoms with Crippen LogP contribution in [0.1, 0.15) is 15.9 Å². The zero-order valence-corrected chi connectivity index (χ0v) is 10.7. The van der Waals surface area contributed by atoms with Crippen molar-refractivity contribution in [2.24, 2.45) is 10.9 Å². The molecule has 108 valence electrons. The van der Waals surface area contributed by atoms with E-state index in [1.807, 2.05) is 0 Å². The number of oxime groups is 1. The van der Waals surface area contributed by atoms with Crippen LogP contribution in [0.25, 0.3) is 0 Å². The molecule has 0 heterocycles. The normalized spacial score (nSPS) is 11.2. The Morgan fingerprint density at radius 1 is 1.10 bits per heavy atom. The largest absolute Gasteiger partial charge is 0.409 e. The second-order valence-corrected chi connectivity index (χ2v) is 4.09. The number of nitrogens with zero attached hydrogens (tertiary/aromatic N) is 1. The fourth-order valence-electron chi connectivity index (χ4n) is 1.74. The lowest BCUT2D eigenvalue weighted by Gasteiger charge is -2.10. The third-order valence-electron chi connectivity index (χ3n) is 2.76. The molecule has 1 amide bonds. The van der Waals surface area contributed by atoms with Crippen molar-refractivity contribution in [3.63, 3.8) is 0 Å². The maximum Gasteiger partial charge on any atom is 0.258 e. The molecule has 0 aliphatic heterocycles. The van der Waals surface area contributed by atoms with Crippen LogP contribution in [0.4, 0.5) is 14.5 Å². The number of anilines is 1. The Hall–Kier alpha value is -2.96. The fourth-order valence-corrected chi connectivity index (χ4v) is 1.74. The Labute approximate surface area is 118 Å². The molecule has 0 aliphatic carbocycles. The minimum atomic E-state index is -1.24. The Kier molecular flexibility index (Phi) is 4.13. The molecule has 0 saturated carbocycles. The Morgan fingerprint density at radius 3 is 2.48 bits per heavy atom. The van der Waals surface area contributed by atoms with Crippen molar-refractivity contribution >= 4 is 17.4 Å². The molecule has 0 aromatic heterocycles. The van der Waals surface area contributed by atoms with Gasteiger partial charge in [-0.2, -0.15) is 0 Å². The van der Waals surface area contributed by atoms with E-state index in [-0.39, 0.29) is 17.1 Å². The van der Waals surface area contributed by atoms with Gasteiger partial charge in [0.1, 0.15) is 0 Å². The predicted octanol–water partition coefficient (Wildman–Crippen LogP) is 2.31. The van der Waals surface area contributed by atoms with Crippen molar-refractivity contribution in [3.05, 3.63) is 65.2 Å². The number of nitrogens with one attached hydrogen (secondary N) is 1. The summed E-state index contributed by atoms with van der Waals surface area (Å²) in [5, 5.41) is 13.9. The van der Waals surface area contributed by atoms with Crippen molar-refractivity contribution in [2.45, 2.75) is 0 Å². The number of hydrogen-bond acceptors (Lipinski definition) is 3. The molecule has 0 bridgehead atoms. The molecular formula is C14H11F2N3O2. The predicted molar refractivity (Wildman–Crippen MR) is 73.3 cm³/mol. The molecule has 0 radical (unpaired) electrons. The molecule has 0 unspecified atom stereocenters. The van der Waals surface area contributed by atoms with Crippen molar-refractivity contribution < 1.29 is 18.8 Å². The summed E-state index contributed by atoms with van der Waals surface area (Å²) in [5.41, 5.74) is 5.50. The van der Waals surface area contributed by atoms with Gasteiger partial charge in [-0.15, -0.1) is 0 Å². The molecule has 2 rings (SSSR count). The smallest absolute Gasteiger partial charge is 0.258 e. The first-order valence-corrected chi connectivity index (χ1v) is 5.87. The van der Waals surface area contributed by atoms with Gasteiger partial charge in [0.15, 0.2) is 17.5 Å². The van der Waals surface area contributed by atoms with Crippen molar-refractivity contribution in [1.82, 2.24) is 0 Å². The highest BCUT2D eigenvalue weighted by atomic mass is 19.2. The molecule has 2 aromatic carbocycles. The Balaban J connectivity index is 2.35. The van der Waals surface area contributed by atoms with E-state index in [4.69, 9.17) is 10.9 Å². The van der Waals surface area contributed by atoms with Gasteiger partial charge < -0.3 is 16.3 Å². The van der Waals surface area contributed by atoms with E-state index < -0.39 is 23.1 Å². The molecule has 7 heteroatoms. The molecule has 5 nitrogen and oxygen atoms in total. The first-order chi connectivity index (χ1) is 10.0. The van der Waals surface area contributed by atoms with E-state index in [0.29, 0.717) is 0 Å². The van der Waals surface area contributed by atoms with Crippen LogP contribution in [0, 0.1) is 11.6 Å². The Bertz CT molecular complexity index is 717. The average molecular weight is 291 g/mol. The number of rotatable bonds is 3. The highest BCUT2D eigenvalue weighted by molar-refractivity contribution is 6.09. The standard InChI is InChI=1S/C14H11F2N3O2/c15-10-6-3-5-9(12(10)16)14(20)18-11-7-2-1-4-8(11)13(17)19-21/h1-7,21H,(H2,17,19)(H,18,20). The summed E-state index contributed by atoms with van der Waals surface area (Å²) in [7, 11) is 0. The number of amidine groups is 1. The van der Waals surface area contributed by atoms with E-state index in [2.05, 4.69) is 10.5 Å². The average Bonchev–Trinajstić information content (AvgIpc) is 2.49. The van der Waals surface area contributed by atoms with Gasteiger partial charge in [0.05, 0.1) is 11.3 Å². The number of carbonyl (C=O) groups excluding carboxylic acids is 1. The van der Waals surface area contributed by atoms with Gasteiger partial charge in [-0.25, -0.2) is 8.78 Å². The summed E-state index contributed by atoms with van der Waals surface area (Å²) < 4.78 is 26.7. The topological polar surface area (TPSA) is 87.7 Å². The second-order valence-electron chi connectivity index (χ2n) is 4.09. The molecule has 4 N–H and O–H groups in total.